The van der Waals surface area contributed by atoms with Crippen molar-refractivity contribution in [2.24, 2.45) is 0 Å². The van der Waals surface area contributed by atoms with E-state index in [0.717, 1.165) is 59.9 Å². The molecule has 3 aromatic carbocycles. The standard InChI is InChI=1S/C28H26F2O3/c1-20(2)28(31)33-16-6-4-3-5-15-32-25-13-12-23-17-21(9-11-24(23)19-25)7-8-22-10-14-26(29)27(30)18-22/h9-14,17-19H,1,3-6,15-16H2,2H3. The Labute approximate surface area is 193 Å². The van der Waals surface area contributed by atoms with Crippen molar-refractivity contribution in [1.82, 2.24) is 0 Å². The Balaban J connectivity index is 1.46. The molecule has 0 unspecified atom stereocenters. The summed E-state index contributed by atoms with van der Waals surface area (Å²) in [6.07, 6.45) is 3.72. The molecule has 0 radical (unpaired) electrons. The Morgan fingerprint density at radius 1 is 0.818 bits per heavy atom. The molecule has 0 N–H and O–H groups in total. The number of halogens is 2. The molecule has 0 spiro atoms. The smallest absolute Gasteiger partial charge is 0.333 e. The minimum absolute atomic E-state index is 0.336. The molecule has 0 saturated heterocycles. The van der Waals surface area contributed by atoms with E-state index >= 15 is 0 Å². The van der Waals surface area contributed by atoms with Crippen LogP contribution >= 0.6 is 0 Å². The van der Waals surface area contributed by atoms with Gasteiger partial charge in [0.15, 0.2) is 11.6 Å². The lowest BCUT2D eigenvalue weighted by molar-refractivity contribution is -0.139. The molecule has 33 heavy (non-hydrogen) atoms. The van der Waals surface area contributed by atoms with Gasteiger partial charge in [0.1, 0.15) is 5.75 Å². The van der Waals surface area contributed by atoms with E-state index in [1.54, 1.807) is 6.92 Å². The summed E-state index contributed by atoms with van der Waals surface area (Å²) >= 11 is 0. The van der Waals surface area contributed by atoms with Crippen LogP contribution in [0.4, 0.5) is 8.78 Å². The van der Waals surface area contributed by atoms with E-state index in [-0.39, 0.29) is 5.97 Å². The lowest BCUT2D eigenvalue weighted by atomic mass is 10.1. The highest BCUT2D eigenvalue weighted by atomic mass is 19.2. The van der Waals surface area contributed by atoms with Gasteiger partial charge in [-0.05, 0) is 85.8 Å². The van der Waals surface area contributed by atoms with E-state index in [2.05, 4.69) is 18.4 Å². The monoisotopic (exact) mass is 448 g/mol. The quantitative estimate of drug-likeness (QED) is 0.161. The summed E-state index contributed by atoms with van der Waals surface area (Å²) in [4.78, 5) is 11.3. The Bertz CT molecular complexity index is 1200. The van der Waals surface area contributed by atoms with Crippen LogP contribution in [0.25, 0.3) is 10.8 Å². The van der Waals surface area contributed by atoms with Crippen molar-refractivity contribution in [3.63, 3.8) is 0 Å². The van der Waals surface area contributed by atoms with Crippen LogP contribution in [-0.2, 0) is 9.53 Å². The zero-order chi connectivity index (χ0) is 23.6. The molecule has 0 bridgehead atoms. The summed E-state index contributed by atoms with van der Waals surface area (Å²) in [5.74, 6) is 4.52. The summed E-state index contributed by atoms with van der Waals surface area (Å²) in [5.41, 5.74) is 1.63. The summed E-state index contributed by atoms with van der Waals surface area (Å²) in [6.45, 7) is 6.23. The first-order chi connectivity index (χ1) is 15.9. The molecular formula is C28H26F2O3. The topological polar surface area (TPSA) is 35.5 Å². The fourth-order valence-electron chi connectivity index (χ4n) is 3.15. The van der Waals surface area contributed by atoms with Crippen molar-refractivity contribution in [3.05, 3.63) is 89.5 Å². The first-order valence-electron chi connectivity index (χ1n) is 10.9. The zero-order valence-electron chi connectivity index (χ0n) is 18.6. The predicted octanol–water partition coefficient (Wildman–Crippen LogP) is 6.58. The number of unbranched alkanes of at least 4 members (excludes halogenated alkanes) is 3. The van der Waals surface area contributed by atoms with Crippen LogP contribution in [0.3, 0.4) is 0 Å². The zero-order valence-corrected chi connectivity index (χ0v) is 18.6. The van der Waals surface area contributed by atoms with E-state index in [0.29, 0.717) is 24.4 Å². The summed E-state index contributed by atoms with van der Waals surface area (Å²) in [7, 11) is 0. The average Bonchev–Trinajstić information content (AvgIpc) is 2.81. The fourth-order valence-corrected chi connectivity index (χ4v) is 3.15. The van der Waals surface area contributed by atoms with Gasteiger partial charge in [-0.2, -0.15) is 0 Å². The van der Waals surface area contributed by atoms with Gasteiger partial charge in [0.05, 0.1) is 13.2 Å². The molecule has 3 rings (SSSR count). The van der Waals surface area contributed by atoms with Crippen LogP contribution in [0.1, 0.15) is 43.7 Å². The van der Waals surface area contributed by atoms with Gasteiger partial charge >= 0.3 is 5.97 Å². The first kappa shape index (κ1) is 24.0. The highest BCUT2D eigenvalue weighted by Crippen LogP contribution is 2.22. The van der Waals surface area contributed by atoms with Gasteiger partial charge in [-0.1, -0.05) is 30.6 Å². The molecule has 0 aromatic heterocycles. The lowest BCUT2D eigenvalue weighted by Gasteiger charge is -2.08. The molecule has 3 aromatic rings. The predicted molar refractivity (Wildman–Crippen MR) is 126 cm³/mol. The molecule has 0 amide bonds. The van der Waals surface area contributed by atoms with Crippen LogP contribution in [-0.4, -0.2) is 19.2 Å². The van der Waals surface area contributed by atoms with Crippen molar-refractivity contribution in [3.8, 4) is 17.6 Å². The molecule has 0 saturated carbocycles. The molecule has 5 heteroatoms. The number of hydrogen-bond acceptors (Lipinski definition) is 3. The molecule has 0 aliphatic carbocycles. The van der Waals surface area contributed by atoms with Crippen LogP contribution in [0, 0.1) is 23.5 Å². The van der Waals surface area contributed by atoms with E-state index < -0.39 is 11.6 Å². The lowest BCUT2D eigenvalue weighted by Crippen LogP contribution is -2.06. The Morgan fingerprint density at radius 2 is 1.45 bits per heavy atom. The molecule has 0 aliphatic rings. The van der Waals surface area contributed by atoms with Crippen molar-refractivity contribution in [2.75, 3.05) is 13.2 Å². The average molecular weight is 449 g/mol. The Kier molecular flexibility index (Phi) is 8.60. The van der Waals surface area contributed by atoms with E-state index in [1.165, 1.54) is 6.07 Å². The number of hydrogen-bond donors (Lipinski definition) is 0. The third kappa shape index (κ3) is 7.47. The Hall–Kier alpha value is -3.65. The fraction of sp³-hybridized carbons (Fsp3) is 0.250. The highest BCUT2D eigenvalue weighted by molar-refractivity contribution is 5.87. The van der Waals surface area contributed by atoms with Crippen molar-refractivity contribution in [2.45, 2.75) is 32.6 Å². The largest absolute Gasteiger partial charge is 0.494 e. The van der Waals surface area contributed by atoms with Crippen LogP contribution in [0.2, 0.25) is 0 Å². The Morgan fingerprint density at radius 3 is 2.18 bits per heavy atom. The second-order valence-corrected chi connectivity index (χ2v) is 7.78. The SMILES string of the molecule is C=C(C)C(=O)OCCCCCCOc1ccc2cc(C#Cc3ccc(F)c(F)c3)ccc2c1. The number of rotatable bonds is 9. The van der Waals surface area contributed by atoms with Crippen LogP contribution in [0.5, 0.6) is 5.75 Å². The maximum absolute atomic E-state index is 13.3. The second kappa shape index (κ2) is 11.8. The molecule has 170 valence electrons. The minimum Gasteiger partial charge on any atom is -0.494 e. The summed E-state index contributed by atoms with van der Waals surface area (Å²) < 4.78 is 37.3. The van der Waals surface area contributed by atoms with Gasteiger partial charge in [0, 0.05) is 16.7 Å². The van der Waals surface area contributed by atoms with Gasteiger partial charge in [0.25, 0.3) is 0 Å². The van der Waals surface area contributed by atoms with Gasteiger partial charge in [-0.25, -0.2) is 13.6 Å². The molecule has 0 aliphatic heterocycles. The second-order valence-electron chi connectivity index (χ2n) is 7.78. The van der Waals surface area contributed by atoms with Crippen LogP contribution in [0.15, 0.2) is 66.7 Å². The van der Waals surface area contributed by atoms with Gasteiger partial charge in [-0.3, -0.25) is 0 Å². The van der Waals surface area contributed by atoms with E-state index in [9.17, 15) is 13.6 Å². The summed E-state index contributed by atoms with van der Waals surface area (Å²) in [5, 5.41) is 2.05. The molecule has 3 nitrogen and oxygen atoms in total. The molecule has 0 fully saturated rings. The van der Waals surface area contributed by atoms with Gasteiger partial charge < -0.3 is 9.47 Å². The van der Waals surface area contributed by atoms with Crippen molar-refractivity contribution >= 4 is 16.7 Å². The summed E-state index contributed by atoms with van der Waals surface area (Å²) in [6, 6.07) is 15.3. The third-order valence-electron chi connectivity index (χ3n) is 4.97. The number of benzene rings is 3. The first-order valence-corrected chi connectivity index (χ1v) is 10.9. The molecular weight excluding hydrogens is 422 g/mol. The number of fused-ring (bicyclic) bond motifs is 1. The van der Waals surface area contributed by atoms with Crippen molar-refractivity contribution < 1.29 is 23.0 Å². The molecule has 0 heterocycles. The maximum atomic E-state index is 13.3. The maximum Gasteiger partial charge on any atom is 0.333 e. The van der Waals surface area contributed by atoms with E-state index in [1.807, 2.05) is 36.4 Å². The highest BCUT2D eigenvalue weighted by Gasteiger charge is 2.03. The third-order valence-corrected chi connectivity index (χ3v) is 4.97. The number of carbonyl (C=O) groups is 1. The minimum atomic E-state index is -0.906. The van der Waals surface area contributed by atoms with Crippen LogP contribution < -0.4 is 4.74 Å². The normalized spacial score (nSPS) is 10.4. The van der Waals surface area contributed by atoms with Gasteiger partial charge in [-0.15, -0.1) is 0 Å². The van der Waals surface area contributed by atoms with E-state index in [4.69, 9.17) is 9.47 Å². The van der Waals surface area contributed by atoms with Gasteiger partial charge in [0.2, 0.25) is 0 Å². The number of carbonyl (C=O) groups excluding carboxylic acids is 1. The van der Waals surface area contributed by atoms with Crippen molar-refractivity contribution in [1.29, 1.82) is 0 Å². The number of esters is 1. The number of ether oxygens (including phenoxy) is 2. The molecule has 0 atom stereocenters.